The molecule has 0 unspecified atom stereocenters. The van der Waals surface area contributed by atoms with E-state index in [1.807, 2.05) is 13.0 Å². The van der Waals surface area contributed by atoms with Crippen molar-refractivity contribution in [2.45, 2.75) is 26.3 Å². The molecule has 0 aliphatic carbocycles. The van der Waals surface area contributed by atoms with Crippen molar-refractivity contribution in [1.29, 1.82) is 0 Å². The van der Waals surface area contributed by atoms with Crippen molar-refractivity contribution in [3.05, 3.63) is 54.1 Å². The van der Waals surface area contributed by atoms with Crippen LogP contribution in [0, 0.1) is 5.82 Å². The van der Waals surface area contributed by atoms with Crippen molar-refractivity contribution < 1.29 is 13.9 Å². The quantitative estimate of drug-likeness (QED) is 0.222. The number of benzene rings is 1. The average Bonchev–Trinajstić information content (AvgIpc) is 2.69. The molecule has 2 N–H and O–H groups in total. The molecule has 0 radical (unpaired) electrons. The van der Waals surface area contributed by atoms with Gasteiger partial charge in [0.1, 0.15) is 5.75 Å². The Labute approximate surface area is 183 Å². The highest BCUT2D eigenvalue weighted by atomic mass is 127. The number of hydrogen-bond acceptors (Lipinski definition) is 4. The predicted molar refractivity (Wildman–Crippen MR) is 120 cm³/mol. The number of guanidine groups is 1. The molecule has 0 amide bonds. The summed E-state index contributed by atoms with van der Waals surface area (Å²) in [5.41, 5.74) is 0.797. The minimum Gasteiger partial charge on any atom is -0.453 e. The second-order valence-electron chi connectivity index (χ2n) is 5.81. The summed E-state index contributed by atoms with van der Waals surface area (Å²) in [6.45, 7) is 4.78. The Morgan fingerprint density at radius 2 is 2.07 bits per heavy atom. The molecular weight excluding hydrogens is 474 g/mol. The molecule has 2 aromatic rings. The van der Waals surface area contributed by atoms with Crippen molar-refractivity contribution in [3.8, 4) is 11.5 Å². The fourth-order valence-electron chi connectivity index (χ4n) is 2.36. The van der Waals surface area contributed by atoms with E-state index >= 15 is 0 Å². The first-order valence-electron chi connectivity index (χ1n) is 9.11. The number of pyridine rings is 1. The maximum Gasteiger partial charge on any atom is 0.191 e. The van der Waals surface area contributed by atoms with Gasteiger partial charge in [0, 0.05) is 39.5 Å². The van der Waals surface area contributed by atoms with Crippen LogP contribution in [0.25, 0.3) is 0 Å². The molecule has 0 saturated carbocycles. The van der Waals surface area contributed by atoms with Crippen LogP contribution >= 0.6 is 24.0 Å². The summed E-state index contributed by atoms with van der Waals surface area (Å²) >= 11 is 0. The van der Waals surface area contributed by atoms with Crippen LogP contribution in [-0.2, 0) is 11.3 Å². The zero-order valence-electron chi connectivity index (χ0n) is 16.3. The van der Waals surface area contributed by atoms with Gasteiger partial charge in [0.25, 0.3) is 0 Å². The lowest BCUT2D eigenvalue weighted by Gasteiger charge is -2.13. The summed E-state index contributed by atoms with van der Waals surface area (Å²) in [6.07, 6.45) is 5.17. The number of unbranched alkanes of at least 4 members (excludes halogenated alkanes) is 1. The summed E-state index contributed by atoms with van der Waals surface area (Å²) in [4.78, 5) is 8.12. The second-order valence-corrected chi connectivity index (χ2v) is 5.81. The molecule has 0 saturated heterocycles. The van der Waals surface area contributed by atoms with Gasteiger partial charge in [-0.15, -0.1) is 24.0 Å². The van der Waals surface area contributed by atoms with Gasteiger partial charge in [0.2, 0.25) is 0 Å². The highest BCUT2D eigenvalue weighted by Crippen LogP contribution is 2.24. The van der Waals surface area contributed by atoms with E-state index in [4.69, 9.17) is 9.47 Å². The number of halogens is 2. The van der Waals surface area contributed by atoms with E-state index < -0.39 is 5.82 Å². The number of aliphatic imine (C=N–C) groups is 1. The van der Waals surface area contributed by atoms with Gasteiger partial charge in [-0.05, 0) is 49.6 Å². The fraction of sp³-hybridized carbons (Fsp3) is 0.400. The maximum absolute atomic E-state index is 14.3. The normalized spacial score (nSPS) is 10.9. The molecule has 1 aromatic heterocycles. The molecule has 0 aliphatic heterocycles. The Hall–Kier alpha value is -1.94. The van der Waals surface area contributed by atoms with E-state index in [1.165, 1.54) is 6.07 Å². The number of aromatic nitrogens is 1. The summed E-state index contributed by atoms with van der Waals surface area (Å²) in [5, 5.41) is 6.41. The van der Waals surface area contributed by atoms with Crippen molar-refractivity contribution >= 4 is 29.9 Å². The monoisotopic (exact) mass is 502 g/mol. The molecule has 0 spiro atoms. The Morgan fingerprint density at radius 3 is 2.75 bits per heavy atom. The number of rotatable bonds is 10. The largest absolute Gasteiger partial charge is 0.453 e. The molecule has 1 aromatic carbocycles. The van der Waals surface area contributed by atoms with Gasteiger partial charge in [0.05, 0.1) is 6.20 Å². The minimum atomic E-state index is -0.419. The second kappa shape index (κ2) is 14.1. The topological polar surface area (TPSA) is 67.8 Å². The van der Waals surface area contributed by atoms with Crippen molar-refractivity contribution in [1.82, 2.24) is 15.6 Å². The third kappa shape index (κ3) is 8.83. The highest BCUT2D eigenvalue weighted by molar-refractivity contribution is 14.0. The number of nitrogens with zero attached hydrogens (tertiary/aromatic N) is 2. The lowest BCUT2D eigenvalue weighted by atomic mass is 10.2. The summed E-state index contributed by atoms with van der Waals surface area (Å²) in [7, 11) is 1.71. The summed E-state index contributed by atoms with van der Waals surface area (Å²) < 4.78 is 25.1. The van der Waals surface area contributed by atoms with E-state index in [9.17, 15) is 4.39 Å². The summed E-state index contributed by atoms with van der Waals surface area (Å²) in [6, 6.07) is 8.35. The van der Waals surface area contributed by atoms with E-state index in [0.29, 0.717) is 18.3 Å². The molecule has 8 heteroatoms. The summed E-state index contributed by atoms with van der Waals surface area (Å²) in [5.74, 6) is 0.930. The maximum atomic E-state index is 14.3. The van der Waals surface area contributed by atoms with Crippen LogP contribution in [0.15, 0.2) is 47.7 Å². The zero-order valence-corrected chi connectivity index (χ0v) is 18.6. The smallest absolute Gasteiger partial charge is 0.191 e. The van der Waals surface area contributed by atoms with Crippen LogP contribution in [0.1, 0.15) is 25.3 Å². The molecule has 1 heterocycles. The number of ether oxygens (including phenoxy) is 2. The molecule has 154 valence electrons. The van der Waals surface area contributed by atoms with Gasteiger partial charge < -0.3 is 20.1 Å². The van der Waals surface area contributed by atoms with Crippen LogP contribution in [0.5, 0.6) is 11.5 Å². The molecule has 0 bridgehead atoms. The minimum absolute atomic E-state index is 0. The van der Waals surface area contributed by atoms with E-state index in [1.54, 1.807) is 37.6 Å². The van der Waals surface area contributed by atoms with Crippen LogP contribution in [0.4, 0.5) is 4.39 Å². The lowest BCUT2D eigenvalue weighted by molar-refractivity contribution is 0.143. The first-order valence-corrected chi connectivity index (χ1v) is 9.11. The third-order valence-corrected chi connectivity index (χ3v) is 3.75. The molecular formula is C20H28FIN4O2. The van der Waals surface area contributed by atoms with Crippen LogP contribution in [0.3, 0.4) is 0 Å². The van der Waals surface area contributed by atoms with E-state index in [0.717, 1.165) is 38.2 Å². The van der Waals surface area contributed by atoms with Gasteiger partial charge in [0.15, 0.2) is 17.5 Å². The van der Waals surface area contributed by atoms with Crippen molar-refractivity contribution in [2.24, 2.45) is 4.99 Å². The van der Waals surface area contributed by atoms with Gasteiger partial charge in [-0.3, -0.25) is 9.98 Å². The van der Waals surface area contributed by atoms with Gasteiger partial charge >= 0.3 is 0 Å². The SMILES string of the molecule is CCOCCCCNC(=NC)NCc1ccc(Oc2cccnc2)c(F)c1.I. The molecule has 0 aliphatic rings. The van der Waals surface area contributed by atoms with Gasteiger partial charge in [-0.1, -0.05) is 6.07 Å². The first kappa shape index (κ1) is 24.1. The number of nitrogens with one attached hydrogen (secondary N) is 2. The Kier molecular flexibility index (Phi) is 12.1. The molecule has 0 fully saturated rings. The van der Waals surface area contributed by atoms with Crippen molar-refractivity contribution in [2.75, 3.05) is 26.8 Å². The molecule has 6 nitrogen and oxygen atoms in total. The van der Waals surface area contributed by atoms with Crippen LogP contribution < -0.4 is 15.4 Å². The predicted octanol–water partition coefficient (Wildman–Crippen LogP) is 4.11. The van der Waals surface area contributed by atoms with E-state index in [2.05, 4.69) is 20.6 Å². The standard InChI is InChI=1S/C20H27FN4O2.HI/c1-3-26-12-5-4-11-24-20(22-2)25-14-16-8-9-19(18(21)13-16)27-17-7-6-10-23-15-17;/h6-10,13,15H,3-5,11-12,14H2,1-2H3,(H2,22,24,25);1H. The Balaban J connectivity index is 0.00000392. The first-order chi connectivity index (χ1) is 13.2. The molecule has 28 heavy (non-hydrogen) atoms. The fourth-order valence-corrected chi connectivity index (χ4v) is 2.36. The van der Waals surface area contributed by atoms with E-state index in [-0.39, 0.29) is 29.7 Å². The van der Waals surface area contributed by atoms with Crippen LogP contribution in [-0.4, -0.2) is 37.7 Å². The third-order valence-electron chi connectivity index (χ3n) is 3.75. The van der Waals surface area contributed by atoms with Crippen molar-refractivity contribution in [3.63, 3.8) is 0 Å². The average molecular weight is 502 g/mol. The van der Waals surface area contributed by atoms with Gasteiger partial charge in [-0.2, -0.15) is 0 Å². The van der Waals surface area contributed by atoms with Crippen LogP contribution in [0.2, 0.25) is 0 Å². The Bertz CT molecular complexity index is 717. The van der Waals surface area contributed by atoms with Gasteiger partial charge in [-0.25, -0.2) is 4.39 Å². The lowest BCUT2D eigenvalue weighted by Crippen LogP contribution is -2.37. The number of hydrogen-bond donors (Lipinski definition) is 2. The molecule has 2 rings (SSSR count). The Morgan fingerprint density at radius 1 is 1.21 bits per heavy atom. The molecule has 0 atom stereocenters. The zero-order chi connectivity index (χ0) is 19.3. The highest BCUT2D eigenvalue weighted by Gasteiger charge is 2.07.